The lowest BCUT2D eigenvalue weighted by Crippen LogP contribution is -2.63. The number of anilines is 1. The second kappa shape index (κ2) is 5.61. The summed E-state index contributed by atoms with van der Waals surface area (Å²) in [4.78, 5) is 26.0. The number of rotatable bonds is 3. The Bertz CT molecular complexity index is 524. The molecule has 2 unspecified atom stereocenters. The molecule has 4 nitrogen and oxygen atoms in total. The van der Waals surface area contributed by atoms with Crippen molar-refractivity contribution in [1.29, 1.82) is 0 Å². The molecule has 1 N–H and O–H groups in total. The van der Waals surface area contributed by atoms with Gasteiger partial charge >= 0.3 is 0 Å². The minimum Gasteiger partial charge on any atom is -0.342 e. The number of amides is 2. The van der Waals surface area contributed by atoms with Crippen LogP contribution in [-0.2, 0) is 9.59 Å². The molecule has 108 valence electrons. The summed E-state index contributed by atoms with van der Waals surface area (Å²) in [6, 6.07) is 3.32. The number of carbonyl (C=O) groups is 2. The zero-order valence-electron chi connectivity index (χ0n) is 11.9. The maximum Gasteiger partial charge on any atom is 0.250 e. The molecule has 0 spiro atoms. The molecule has 1 aliphatic rings. The largest absolute Gasteiger partial charge is 0.342 e. The van der Waals surface area contributed by atoms with Crippen LogP contribution in [0.15, 0.2) is 18.2 Å². The highest BCUT2D eigenvalue weighted by Crippen LogP contribution is 2.25. The number of carbonyl (C=O) groups excluding carboxylic acids is 2. The third kappa shape index (κ3) is 2.53. The maximum atomic E-state index is 13.6. The molecule has 0 aliphatic carbocycles. The Morgan fingerprint density at radius 1 is 1.20 bits per heavy atom. The van der Waals surface area contributed by atoms with Crippen LogP contribution in [0.25, 0.3) is 0 Å². The summed E-state index contributed by atoms with van der Waals surface area (Å²) in [5.74, 6) is -0.758. The highest BCUT2D eigenvalue weighted by Gasteiger charge is 2.39. The normalized spacial score (nSPS) is 22.9. The summed E-state index contributed by atoms with van der Waals surface area (Å²) in [6.45, 7) is 5.44. The van der Waals surface area contributed by atoms with E-state index in [-0.39, 0.29) is 11.8 Å². The van der Waals surface area contributed by atoms with Crippen LogP contribution in [0.1, 0.15) is 32.3 Å². The van der Waals surface area contributed by atoms with Crippen LogP contribution in [0.3, 0.4) is 0 Å². The fourth-order valence-electron chi connectivity index (χ4n) is 2.58. The van der Waals surface area contributed by atoms with Gasteiger partial charge in [-0.15, -0.1) is 0 Å². The molecule has 20 heavy (non-hydrogen) atoms. The predicted molar refractivity (Wildman–Crippen MR) is 74.9 cm³/mol. The van der Waals surface area contributed by atoms with Gasteiger partial charge in [0.2, 0.25) is 11.8 Å². The first-order valence-corrected chi connectivity index (χ1v) is 6.88. The van der Waals surface area contributed by atoms with Crippen molar-refractivity contribution in [2.45, 2.75) is 45.7 Å². The van der Waals surface area contributed by atoms with Crippen molar-refractivity contribution in [3.05, 3.63) is 29.6 Å². The lowest BCUT2D eigenvalue weighted by Gasteiger charge is -2.38. The summed E-state index contributed by atoms with van der Waals surface area (Å²) >= 11 is 0. The molecule has 1 heterocycles. The fraction of sp³-hybridized carbons (Fsp3) is 0.467. The van der Waals surface area contributed by atoms with Gasteiger partial charge in [0.1, 0.15) is 17.9 Å². The standard InChI is InChI=1S/C15H19FN2O2/c1-4-12-15(20)18(13(5-2)14(19)17-12)11-7-9(3)6-10(16)8-11/h6-8,12-13H,4-5H2,1-3H3,(H,17,19). The van der Waals surface area contributed by atoms with Crippen LogP contribution in [0.2, 0.25) is 0 Å². The highest BCUT2D eigenvalue weighted by molar-refractivity contribution is 6.08. The lowest BCUT2D eigenvalue weighted by atomic mass is 10.0. The lowest BCUT2D eigenvalue weighted by molar-refractivity contribution is -0.134. The van der Waals surface area contributed by atoms with Crippen LogP contribution in [0.4, 0.5) is 10.1 Å². The fourth-order valence-corrected chi connectivity index (χ4v) is 2.58. The van der Waals surface area contributed by atoms with Crippen molar-refractivity contribution in [2.75, 3.05) is 4.90 Å². The summed E-state index contributed by atoms with van der Waals surface area (Å²) in [7, 11) is 0. The average Bonchev–Trinajstić information content (AvgIpc) is 2.39. The van der Waals surface area contributed by atoms with Gasteiger partial charge in [0, 0.05) is 5.69 Å². The van der Waals surface area contributed by atoms with Crippen LogP contribution in [0.5, 0.6) is 0 Å². The van der Waals surface area contributed by atoms with Crippen LogP contribution < -0.4 is 10.2 Å². The number of hydrogen-bond acceptors (Lipinski definition) is 2. The molecule has 2 amide bonds. The molecule has 0 aromatic heterocycles. The van der Waals surface area contributed by atoms with Crippen LogP contribution in [0, 0.1) is 12.7 Å². The van der Waals surface area contributed by atoms with E-state index in [1.54, 1.807) is 13.0 Å². The SMILES string of the molecule is CCC1NC(=O)C(CC)N(c2cc(C)cc(F)c2)C1=O. The smallest absolute Gasteiger partial charge is 0.250 e. The molecule has 1 saturated heterocycles. The van der Waals surface area contributed by atoms with Gasteiger partial charge in [-0.05, 0) is 43.5 Å². The van der Waals surface area contributed by atoms with Gasteiger partial charge < -0.3 is 5.32 Å². The van der Waals surface area contributed by atoms with E-state index in [9.17, 15) is 14.0 Å². The Hall–Kier alpha value is -1.91. The Morgan fingerprint density at radius 3 is 2.45 bits per heavy atom. The van der Waals surface area contributed by atoms with E-state index in [1.807, 2.05) is 13.8 Å². The topological polar surface area (TPSA) is 49.4 Å². The van der Waals surface area contributed by atoms with Crippen molar-refractivity contribution in [3.63, 3.8) is 0 Å². The predicted octanol–water partition coefficient (Wildman–Crippen LogP) is 2.15. The van der Waals surface area contributed by atoms with E-state index < -0.39 is 17.9 Å². The van der Waals surface area contributed by atoms with Gasteiger partial charge in [-0.1, -0.05) is 13.8 Å². The zero-order chi connectivity index (χ0) is 14.9. The molecule has 5 heteroatoms. The molecule has 2 atom stereocenters. The second-order valence-corrected chi connectivity index (χ2v) is 5.09. The first-order chi connectivity index (χ1) is 9.47. The molecule has 2 rings (SSSR count). The van der Waals surface area contributed by atoms with Gasteiger partial charge in [-0.25, -0.2) is 4.39 Å². The van der Waals surface area contributed by atoms with Crippen molar-refractivity contribution >= 4 is 17.5 Å². The molecule has 0 radical (unpaired) electrons. The average molecular weight is 278 g/mol. The monoisotopic (exact) mass is 278 g/mol. The van der Waals surface area contributed by atoms with Crippen molar-refractivity contribution in [1.82, 2.24) is 5.32 Å². The summed E-state index contributed by atoms with van der Waals surface area (Å²) in [5.41, 5.74) is 1.18. The number of halogens is 1. The third-order valence-corrected chi connectivity index (χ3v) is 3.57. The Balaban J connectivity index is 2.47. The minimum atomic E-state index is -0.577. The summed E-state index contributed by atoms with van der Waals surface area (Å²) in [6.07, 6.45) is 1.01. The minimum absolute atomic E-state index is 0.177. The van der Waals surface area contributed by atoms with Gasteiger partial charge in [-0.2, -0.15) is 0 Å². The van der Waals surface area contributed by atoms with Crippen LogP contribution >= 0.6 is 0 Å². The molecular weight excluding hydrogens is 259 g/mol. The number of aryl methyl sites for hydroxylation is 1. The number of nitrogens with zero attached hydrogens (tertiary/aromatic N) is 1. The van der Waals surface area contributed by atoms with E-state index in [1.165, 1.54) is 17.0 Å². The second-order valence-electron chi connectivity index (χ2n) is 5.09. The maximum absolute atomic E-state index is 13.6. The van der Waals surface area contributed by atoms with Gasteiger partial charge in [0.25, 0.3) is 0 Å². The Labute approximate surface area is 118 Å². The van der Waals surface area contributed by atoms with E-state index in [4.69, 9.17) is 0 Å². The van der Waals surface area contributed by atoms with Crippen molar-refractivity contribution in [3.8, 4) is 0 Å². The molecule has 1 fully saturated rings. The first-order valence-electron chi connectivity index (χ1n) is 6.88. The third-order valence-electron chi connectivity index (χ3n) is 3.57. The highest BCUT2D eigenvalue weighted by atomic mass is 19.1. The Morgan fingerprint density at radius 2 is 1.90 bits per heavy atom. The van der Waals surface area contributed by atoms with Crippen LogP contribution in [-0.4, -0.2) is 23.9 Å². The quantitative estimate of drug-likeness (QED) is 0.921. The van der Waals surface area contributed by atoms with Gasteiger partial charge in [0.05, 0.1) is 0 Å². The summed E-state index contributed by atoms with van der Waals surface area (Å²) in [5, 5.41) is 2.72. The molecule has 0 bridgehead atoms. The molecule has 1 aromatic carbocycles. The molecule has 1 aliphatic heterocycles. The summed E-state index contributed by atoms with van der Waals surface area (Å²) < 4.78 is 13.6. The number of benzene rings is 1. The van der Waals surface area contributed by atoms with E-state index in [0.29, 0.717) is 18.5 Å². The van der Waals surface area contributed by atoms with Crippen molar-refractivity contribution in [2.24, 2.45) is 0 Å². The number of nitrogens with one attached hydrogen (secondary N) is 1. The molecule has 1 aromatic rings. The zero-order valence-corrected chi connectivity index (χ0v) is 11.9. The Kier molecular flexibility index (Phi) is 4.06. The molecule has 0 saturated carbocycles. The number of piperazine rings is 1. The van der Waals surface area contributed by atoms with Gasteiger partial charge in [0.15, 0.2) is 0 Å². The number of hydrogen-bond donors (Lipinski definition) is 1. The van der Waals surface area contributed by atoms with Crippen molar-refractivity contribution < 1.29 is 14.0 Å². The molecular formula is C15H19FN2O2. The first kappa shape index (κ1) is 14.5. The van der Waals surface area contributed by atoms with Gasteiger partial charge in [-0.3, -0.25) is 14.5 Å². The van der Waals surface area contributed by atoms with E-state index in [2.05, 4.69) is 5.32 Å². The van der Waals surface area contributed by atoms with E-state index >= 15 is 0 Å². The van der Waals surface area contributed by atoms with E-state index in [0.717, 1.165) is 5.56 Å².